The zero-order valence-corrected chi connectivity index (χ0v) is 15.3. The predicted octanol–water partition coefficient (Wildman–Crippen LogP) is 2.23. The molecule has 0 spiro atoms. The number of benzene rings is 1. The zero-order chi connectivity index (χ0) is 18.5. The van der Waals surface area contributed by atoms with E-state index in [1.54, 1.807) is 12.4 Å². The Kier molecular flexibility index (Phi) is 5.46. The fraction of sp³-hybridized carbons (Fsp3) is 0.333. The molecule has 4 rings (SSSR count). The van der Waals surface area contributed by atoms with Gasteiger partial charge in [-0.05, 0) is 29.1 Å². The summed E-state index contributed by atoms with van der Waals surface area (Å²) in [5, 5.41) is 4.32. The lowest BCUT2D eigenvalue weighted by Gasteiger charge is -2.33. The molecule has 1 aliphatic heterocycles. The van der Waals surface area contributed by atoms with Crippen molar-refractivity contribution in [1.82, 2.24) is 19.8 Å². The number of aromatic nitrogens is 2. The third-order valence-electron chi connectivity index (χ3n) is 4.99. The summed E-state index contributed by atoms with van der Waals surface area (Å²) in [7, 11) is 0. The monoisotopic (exact) mass is 364 g/mol. The van der Waals surface area contributed by atoms with Crippen molar-refractivity contribution in [1.29, 1.82) is 0 Å². The van der Waals surface area contributed by atoms with E-state index in [4.69, 9.17) is 4.74 Å². The van der Waals surface area contributed by atoms with Crippen LogP contribution in [0, 0.1) is 0 Å². The van der Waals surface area contributed by atoms with E-state index < -0.39 is 0 Å². The maximum atomic E-state index is 13.0. The van der Waals surface area contributed by atoms with Crippen LogP contribution in [0.15, 0.2) is 61.1 Å². The van der Waals surface area contributed by atoms with Crippen LogP contribution in [0.1, 0.15) is 11.6 Å². The van der Waals surface area contributed by atoms with E-state index in [9.17, 15) is 4.79 Å². The van der Waals surface area contributed by atoms with Gasteiger partial charge < -0.3 is 14.6 Å². The van der Waals surface area contributed by atoms with Crippen LogP contribution in [-0.2, 0) is 16.1 Å². The van der Waals surface area contributed by atoms with Gasteiger partial charge in [0.15, 0.2) is 0 Å². The Labute approximate surface area is 158 Å². The van der Waals surface area contributed by atoms with E-state index in [1.165, 1.54) is 10.9 Å². The minimum Gasteiger partial charge on any atom is -0.379 e. The van der Waals surface area contributed by atoms with Gasteiger partial charge in [-0.15, -0.1) is 0 Å². The first kappa shape index (κ1) is 17.7. The third-order valence-corrected chi connectivity index (χ3v) is 4.99. The average Bonchev–Trinajstić information content (AvgIpc) is 3.13. The van der Waals surface area contributed by atoms with Crippen molar-refractivity contribution in [3.8, 4) is 0 Å². The average molecular weight is 364 g/mol. The van der Waals surface area contributed by atoms with Gasteiger partial charge in [0.25, 0.3) is 0 Å². The number of rotatable bonds is 6. The molecule has 1 atom stereocenters. The molecule has 1 fully saturated rings. The standard InChI is InChI=1S/C21H24N4O2/c26-21(23-9-11-24-10-7-17-4-1-2-6-19(17)24)20(18-5-3-8-22-16-18)25-12-14-27-15-13-25/h1-8,10,16,20H,9,11-15H2,(H,23,26)/t20-/m1/s1. The number of carbonyl (C=O) groups excluding carboxylic acids is 1. The molecule has 0 unspecified atom stereocenters. The lowest BCUT2D eigenvalue weighted by Crippen LogP contribution is -2.46. The first-order valence-electron chi connectivity index (χ1n) is 9.36. The first-order valence-corrected chi connectivity index (χ1v) is 9.36. The highest BCUT2D eigenvalue weighted by Crippen LogP contribution is 2.21. The van der Waals surface area contributed by atoms with Crippen LogP contribution in [-0.4, -0.2) is 53.2 Å². The quantitative estimate of drug-likeness (QED) is 0.729. The summed E-state index contributed by atoms with van der Waals surface area (Å²) in [4.78, 5) is 19.4. The molecular weight excluding hydrogens is 340 g/mol. The number of para-hydroxylation sites is 1. The highest BCUT2D eigenvalue weighted by atomic mass is 16.5. The molecular formula is C21H24N4O2. The van der Waals surface area contributed by atoms with Crippen LogP contribution < -0.4 is 5.32 Å². The Morgan fingerprint density at radius 1 is 1.15 bits per heavy atom. The maximum Gasteiger partial charge on any atom is 0.242 e. The number of carbonyl (C=O) groups is 1. The minimum atomic E-state index is -0.330. The number of fused-ring (bicyclic) bond motifs is 1. The molecule has 0 saturated carbocycles. The summed E-state index contributed by atoms with van der Waals surface area (Å²) in [5.41, 5.74) is 2.10. The number of ether oxygens (including phenoxy) is 1. The number of hydrogen-bond donors (Lipinski definition) is 1. The maximum absolute atomic E-state index is 13.0. The van der Waals surface area contributed by atoms with Crippen LogP contribution >= 0.6 is 0 Å². The molecule has 1 saturated heterocycles. The summed E-state index contributed by atoms with van der Waals surface area (Å²) >= 11 is 0. The highest BCUT2D eigenvalue weighted by Gasteiger charge is 2.28. The molecule has 140 valence electrons. The van der Waals surface area contributed by atoms with Crippen molar-refractivity contribution in [3.05, 3.63) is 66.6 Å². The second-order valence-corrected chi connectivity index (χ2v) is 6.70. The second kappa shape index (κ2) is 8.33. The highest BCUT2D eigenvalue weighted by molar-refractivity contribution is 5.83. The van der Waals surface area contributed by atoms with E-state index in [0.29, 0.717) is 19.8 Å². The summed E-state index contributed by atoms with van der Waals surface area (Å²) in [6.07, 6.45) is 5.57. The summed E-state index contributed by atoms with van der Waals surface area (Å²) in [5.74, 6) is 0.0151. The van der Waals surface area contributed by atoms with Gasteiger partial charge >= 0.3 is 0 Å². The normalized spacial score (nSPS) is 16.3. The molecule has 3 heterocycles. The minimum absolute atomic E-state index is 0.0151. The van der Waals surface area contributed by atoms with Gasteiger partial charge in [-0.25, -0.2) is 0 Å². The van der Waals surface area contributed by atoms with Crippen LogP contribution in [0.5, 0.6) is 0 Å². The number of amides is 1. The Balaban J connectivity index is 1.43. The summed E-state index contributed by atoms with van der Waals surface area (Å²) in [6, 6.07) is 13.9. The largest absolute Gasteiger partial charge is 0.379 e. The molecule has 6 nitrogen and oxygen atoms in total. The summed E-state index contributed by atoms with van der Waals surface area (Å²) < 4.78 is 7.61. The number of nitrogens with one attached hydrogen (secondary N) is 1. The van der Waals surface area contributed by atoms with Crippen LogP contribution in [0.4, 0.5) is 0 Å². The van der Waals surface area contributed by atoms with Gasteiger partial charge in [0.05, 0.1) is 13.2 Å². The molecule has 3 aromatic rings. The van der Waals surface area contributed by atoms with Crippen molar-refractivity contribution < 1.29 is 9.53 Å². The van der Waals surface area contributed by atoms with E-state index in [-0.39, 0.29) is 11.9 Å². The van der Waals surface area contributed by atoms with Crippen molar-refractivity contribution in [2.45, 2.75) is 12.6 Å². The van der Waals surface area contributed by atoms with Gasteiger partial charge in [0, 0.05) is 50.3 Å². The van der Waals surface area contributed by atoms with Crippen LogP contribution in [0.2, 0.25) is 0 Å². The molecule has 1 amide bonds. The molecule has 1 N–H and O–H groups in total. The third kappa shape index (κ3) is 4.02. The lowest BCUT2D eigenvalue weighted by molar-refractivity contribution is -0.128. The number of morpholine rings is 1. The molecule has 1 aromatic carbocycles. The van der Waals surface area contributed by atoms with Gasteiger partial charge in [-0.3, -0.25) is 14.7 Å². The number of hydrogen-bond acceptors (Lipinski definition) is 4. The van der Waals surface area contributed by atoms with E-state index >= 15 is 0 Å². The fourth-order valence-electron chi connectivity index (χ4n) is 3.63. The smallest absolute Gasteiger partial charge is 0.242 e. The molecule has 6 heteroatoms. The number of pyridine rings is 1. The SMILES string of the molecule is O=C(NCCn1ccc2ccccc21)[C@@H](c1cccnc1)N1CCOCC1. The first-order chi connectivity index (χ1) is 13.3. The van der Waals surface area contributed by atoms with E-state index in [2.05, 4.69) is 44.2 Å². The van der Waals surface area contributed by atoms with Crippen LogP contribution in [0.3, 0.4) is 0 Å². The Bertz CT molecular complexity index is 887. The van der Waals surface area contributed by atoms with Crippen molar-refractivity contribution in [2.75, 3.05) is 32.8 Å². The van der Waals surface area contributed by atoms with Crippen LogP contribution in [0.25, 0.3) is 10.9 Å². The van der Waals surface area contributed by atoms with Gasteiger partial charge in [-0.1, -0.05) is 24.3 Å². The Hall–Kier alpha value is -2.70. The number of nitrogens with zero attached hydrogens (tertiary/aromatic N) is 3. The van der Waals surface area contributed by atoms with E-state index in [1.807, 2.05) is 24.3 Å². The van der Waals surface area contributed by atoms with Crippen molar-refractivity contribution in [3.63, 3.8) is 0 Å². The lowest BCUT2D eigenvalue weighted by atomic mass is 10.1. The Morgan fingerprint density at radius 3 is 2.81 bits per heavy atom. The molecule has 27 heavy (non-hydrogen) atoms. The molecule has 0 radical (unpaired) electrons. The van der Waals surface area contributed by atoms with Crippen molar-refractivity contribution >= 4 is 16.8 Å². The Morgan fingerprint density at radius 2 is 2.00 bits per heavy atom. The second-order valence-electron chi connectivity index (χ2n) is 6.70. The van der Waals surface area contributed by atoms with Crippen molar-refractivity contribution in [2.24, 2.45) is 0 Å². The molecule has 0 aliphatic carbocycles. The molecule has 0 bridgehead atoms. The van der Waals surface area contributed by atoms with Gasteiger partial charge in [0.2, 0.25) is 5.91 Å². The predicted molar refractivity (Wildman–Crippen MR) is 104 cm³/mol. The zero-order valence-electron chi connectivity index (χ0n) is 15.3. The van der Waals surface area contributed by atoms with Gasteiger partial charge in [-0.2, -0.15) is 0 Å². The van der Waals surface area contributed by atoms with Gasteiger partial charge in [0.1, 0.15) is 6.04 Å². The topological polar surface area (TPSA) is 59.4 Å². The molecule has 1 aliphatic rings. The fourth-order valence-corrected chi connectivity index (χ4v) is 3.63. The summed E-state index contributed by atoms with van der Waals surface area (Å²) in [6.45, 7) is 4.12. The molecule has 2 aromatic heterocycles. The van der Waals surface area contributed by atoms with E-state index in [0.717, 1.165) is 25.2 Å².